The first-order valence-electron chi connectivity index (χ1n) is 12.0. The highest BCUT2D eigenvalue weighted by Crippen LogP contribution is 2.32. The van der Waals surface area contributed by atoms with Gasteiger partial charge in [-0.05, 0) is 35.9 Å². The van der Waals surface area contributed by atoms with Crippen molar-refractivity contribution >= 4 is 11.9 Å². The topological polar surface area (TPSA) is 216 Å². The minimum absolute atomic E-state index is 0.0183. The lowest BCUT2D eigenvalue weighted by Gasteiger charge is -2.42. The molecule has 13 heteroatoms. The van der Waals surface area contributed by atoms with Gasteiger partial charge in [0, 0.05) is 6.07 Å². The third-order valence-corrected chi connectivity index (χ3v) is 6.50. The van der Waals surface area contributed by atoms with E-state index >= 15 is 0 Å². The molecular weight excluding hydrogens is 520 g/mol. The zero-order valence-corrected chi connectivity index (χ0v) is 20.5. The Bertz CT molecular complexity index is 1170. The molecule has 0 amide bonds. The van der Waals surface area contributed by atoms with E-state index in [2.05, 4.69) is 0 Å². The molecule has 212 valence electrons. The number of hydrogen-bond donors (Lipinski definition) is 8. The smallest absolute Gasteiger partial charge is 0.229 e. The van der Waals surface area contributed by atoms with Crippen molar-refractivity contribution in [3.63, 3.8) is 0 Å². The van der Waals surface area contributed by atoms with E-state index in [9.17, 15) is 45.6 Å². The van der Waals surface area contributed by atoms with E-state index in [1.165, 1.54) is 36.4 Å². The highest BCUT2D eigenvalue weighted by Gasteiger charge is 2.53. The van der Waals surface area contributed by atoms with Crippen molar-refractivity contribution in [2.45, 2.75) is 48.7 Å². The number of ether oxygens (including phenoxy) is 4. The molecule has 39 heavy (non-hydrogen) atoms. The van der Waals surface area contributed by atoms with Crippen LogP contribution in [-0.4, -0.2) is 115 Å². The van der Waals surface area contributed by atoms with Gasteiger partial charge in [-0.1, -0.05) is 18.2 Å². The Labute approximate surface area is 222 Å². The van der Waals surface area contributed by atoms with E-state index in [0.29, 0.717) is 5.56 Å². The Morgan fingerprint density at radius 2 is 1.74 bits per heavy atom. The molecule has 13 nitrogen and oxygen atoms in total. The molecule has 2 aliphatic rings. The average molecular weight is 551 g/mol. The third kappa shape index (κ3) is 6.22. The van der Waals surface area contributed by atoms with Gasteiger partial charge in [0.15, 0.2) is 12.1 Å². The molecule has 2 heterocycles. The maximum absolute atomic E-state index is 12.3. The fourth-order valence-electron chi connectivity index (χ4n) is 4.16. The van der Waals surface area contributed by atoms with Crippen LogP contribution >= 0.6 is 0 Å². The predicted molar refractivity (Wildman–Crippen MR) is 131 cm³/mol. The summed E-state index contributed by atoms with van der Waals surface area (Å²) in [7, 11) is 0. The number of carbonyl (C=O) groups excluding carboxylic acids is 1. The van der Waals surface area contributed by atoms with Crippen molar-refractivity contribution in [3.05, 3.63) is 59.7 Å². The number of aliphatic hydroxyl groups is 6. The number of phenolic OH excluding ortho intramolecular Hbond substituents is 2. The van der Waals surface area contributed by atoms with Crippen LogP contribution in [0.4, 0.5) is 0 Å². The van der Waals surface area contributed by atoms with Crippen LogP contribution in [0.25, 0.3) is 6.08 Å². The number of ketones is 1. The maximum Gasteiger partial charge on any atom is 0.229 e. The summed E-state index contributed by atoms with van der Waals surface area (Å²) in [4.78, 5) is 12.3. The summed E-state index contributed by atoms with van der Waals surface area (Å²) >= 11 is 0. The van der Waals surface area contributed by atoms with E-state index in [4.69, 9.17) is 18.9 Å². The molecule has 2 aromatic carbocycles. The highest BCUT2D eigenvalue weighted by atomic mass is 16.7. The van der Waals surface area contributed by atoms with Gasteiger partial charge in [-0.15, -0.1) is 0 Å². The lowest BCUT2D eigenvalue weighted by molar-refractivity contribution is -0.313. The fourth-order valence-corrected chi connectivity index (χ4v) is 4.16. The van der Waals surface area contributed by atoms with Gasteiger partial charge in [-0.3, -0.25) is 4.79 Å². The minimum atomic E-state index is -1.97. The molecule has 2 fully saturated rings. The van der Waals surface area contributed by atoms with Crippen molar-refractivity contribution in [3.8, 4) is 17.2 Å². The first-order chi connectivity index (χ1) is 18.6. The largest absolute Gasteiger partial charge is 0.508 e. The van der Waals surface area contributed by atoms with Crippen molar-refractivity contribution < 1.29 is 64.6 Å². The van der Waals surface area contributed by atoms with Gasteiger partial charge in [0.2, 0.25) is 6.29 Å². The zero-order valence-electron chi connectivity index (χ0n) is 20.5. The monoisotopic (exact) mass is 550 g/mol. The molecule has 0 aliphatic carbocycles. The lowest BCUT2D eigenvalue weighted by atomic mass is 9.98. The minimum Gasteiger partial charge on any atom is -0.508 e. The summed E-state index contributed by atoms with van der Waals surface area (Å²) in [6.07, 6.45) is -7.68. The van der Waals surface area contributed by atoms with Crippen molar-refractivity contribution in [1.29, 1.82) is 0 Å². The van der Waals surface area contributed by atoms with E-state index in [-0.39, 0.29) is 22.8 Å². The summed E-state index contributed by atoms with van der Waals surface area (Å²) in [6.45, 7) is -1.89. The fraction of sp³-hybridized carbons (Fsp3) is 0.423. The summed E-state index contributed by atoms with van der Waals surface area (Å²) in [5.41, 5.74) is -1.35. The van der Waals surface area contributed by atoms with Gasteiger partial charge >= 0.3 is 0 Å². The summed E-state index contributed by atoms with van der Waals surface area (Å²) in [5.74, 6) is -0.781. The summed E-state index contributed by atoms with van der Waals surface area (Å²) < 4.78 is 21.9. The number of hydrogen-bond acceptors (Lipinski definition) is 13. The molecule has 2 saturated heterocycles. The van der Waals surface area contributed by atoms with Crippen LogP contribution in [0.1, 0.15) is 15.9 Å². The van der Waals surface area contributed by atoms with Crippen molar-refractivity contribution in [1.82, 2.24) is 0 Å². The van der Waals surface area contributed by atoms with Gasteiger partial charge < -0.3 is 59.8 Å². The average Bonchev–Trinajstić information content (AvgIpc) is 3.21. The Balaban J connectivity index is 1.37. The Morgan fingerprint density at radius 1 is 1.03 bits per heavy atom. The molecule has 2 aliphatic heterocycles. The van der Waals surface area contributed by atoms with E-state index in [1.54, 1.807) is 12.1 Å². The normalized spacial score (nSPS) is 32.9. The number of carbonyl (C=O) groups is 1. The van der Waals surface area contributed by atoms with E-state index < -0.39 is 74.3 Å². The van der Waals surface area contributed by atoms with Crippen LogP contribution in [0.15, 0.2) is 48.5 Å². The first kappa shape index (κ1) is 28.9. The summed E-state index contributed by atoms with van der Waals surface area (Å²) in [6, 6.07) is 9.86. The quantitative estimate of drug-likeness (QED) is 0.134. The van der Waals surface area contributed by atoms with Gasteiger partial charge in [0.05, 0.1) is 25.4 Å². The van der Waals surface area contributed by atoms with Crippen LogP contribution in [0.3, 0.4) is 0 Å². The number of benzene rings is 2. The standard InChI is InChI=1S/C26H30O13/c27-10-19-22(39-25-23(34)26(35,11-28)12-36-25)20(32)21(33)24(38-19)37-15-5-1-13(2-6-15)3-8-17(30)16-7-4-14(29)9-18(16)31/h1-9,19-25,27-29,31-35H,10-12H2/t19-,20-,21-,22-,23+,24-,25-,26-/m1/s1. The van der Waals surface area contributed by atoms with E-state index in [1.807, 2.05) is 0 Å². The molecule has 0 unspecified atom stereocenters. The first-order valence-corrected chi connectivity index (χ1v) is 12.0. The van der Waals surface area contributed by atoms with Gasteiger partial charge in [-0.25, -0.2) is 0 Å². The Hall–Kier alpha value is -3.11. The van der Waals surface area contributed by atoms with Gasteiger partial charge in [0.25, 0.3) is 0 Å². The number of aliphatic hydroxyl groups excluding tert-OH is 5. The lowest BCUT2D eigenvalue weighted by Crippen LogP contribution is -2.62. The highest BCUT2D eigenvalue weighted by molar-refractivity contribution is 6.08. The van der Waals surface area contributed by atoms with Crippen LogP contribution in [0, 0.1) is 0 Å². The van der Waals surface area contributed by atoms with Crippen molar-refractivity contribution in [2.24, 2.45) is 0 Å². The third-order valence-electron chi connectivity index (χ3n) is 6.50. The van der Waals surface area contributed by atoms with Crippen LogP contribution in [0.5, 0.6) is 17.2 Å². The maximum atomic E-state index is 12.3. The van der Waals surface area contributed by atoms with Crippen LogP contribution < -0.4 is 4.74 Å². The number of allylic oxidation sites excluding steroid dienone is 1. The zero-order chi connectivity index (χ0) is 28.3. The Morgan fingerprint density at radius 3 is 2.36 bits per heavy atom. The molecule has 8 atom stereocenters. The molecule has 0 saturated carbocycles. The summed E-state index contributed by atoms with van der Waals surface area (Å²) in [5, 5.41) is 79.7. The Kier molecular flexibility index (Phi) is 8.86. The molecule has 4 rings (SSSR count). The molecule has 0 radical (unpaired) electrons. The second kappa shape index (κ2) is 12.0. The van der Waals surface area contributed by atoms with Crippen LogP contribution in [-0.2, 0) is 14.2 Å². The molecule has 0 aromatic heterocycles. The van der Waals surface area contributed by atoms with Crippen molar-refractivity contribution in [2.75, 3.05) is 19.8 Å². The number of rotatable bonds is 9. The van der Waals surface area contributed by atoms with Gasteiger partial charge in [-0.2, -0.15) is 0 Å². The number of phenols is 2. The second-order valence-corrected chi connectivity index (χ2v) is 9.28. The van der Waals surface area contributed by atoms with E-state index in [0.717, 1.165) is 6.07 Å². The molecule has 0 spiro atoms. The SMILES string of the molecule is O=C(C=Cc1ccc(O[C@@H]2O[C@H](CO)[C@@H](O[C@H]3OC[C@](O)(CO)[C@H]3O)[C@H](O)[C@H]2O)cc1)c1ccc(O)cc1O. The molecule has 8 N–H and O–H groups in total. The second-order valence-electron chi connectivity index (χ2n) is 9.28. The molecule has 0 bridgehead atoms. The predicted octanol–water partition coefficient (Wildman–Crippen LogP) is -1.36. The van der Waals surface area contributed by atoms with Gasteiger partial charge in [0.1, 0.15) is 53.4 Å². The number of aromatic hydroxyl groups is 2. The molecule has 2 aromatic rings. The van der Waals surface area contributed by atoms with Crippen LogP contribution in [0.2, 0.25) is 0 Å². The molecular formula is C26H30O13.